The highest BCUT2D eigenvalue weighted by molar-refractivity contribution is 6.15. The van der Waals surface area contributed by atoms with Crippen molar-refractivity contribution in [2.24, 2.45) is 0 Å². The van der Waals surface area contributed by atoms with Gasteiger partial charge in [0.05, 0.1) is 6.42 Å². The van der Waals surface area contributed by atoms with Crippen molar-refractivity contribution in [1.29, 1.82) is 0 Å². The first-order valence-electron chi connectivity index (χ1n) is 4.89. The molecule has 0 amide bonds. The number of benzene rings is 1. The van der Waals surface area contributed by atoms with Gasteiger partial charge in [-0.25, -0.2) is 0 Å². The monoisotopic (exact) mass is 206 g/mol. The summed E-state index contributed by atoms with van der Waals surface area (Å²) in [6, 6.07) is 9.45. The maximum absolute atomic E-state index is 11.2. The van der Waals surface area contributed by atoms with Crippen LogP contribution in [-0.4, -0.2) is 24.4 Å². The summed E-state index contributed by atoms with van der Waals surface area (Å²) in [6.07, 6.45) is 0.0137. The number of carbonyl (C=O) groups excluding carboxylic acids is 1. The second-order valence-corrected chi connectivity index (χ2v) is 4.14. The molecule has 0 bridgehead atoms. The Labute approximate surface area is 90.5 Å². The molecule has 1 aromatic carbocycles. The third-order valence-electron chi connectivity index (χ3n) is 1.82. The van der Waals surface area contributed by atoms with E-state index >= 15 is 0 Å². The minimum atomic E-state index is -1.01. The maximum atomic E-state index is 11.2. The number of hydrogen-bond acceptors (Lipinski definition) is 3. The van der Waals surface area contributed by atoms with Gasteiger partial charge in [-0.2, -0.15) is 0 Å². The lowest BCUT2D eigenvalue weighted by Crippen LogP contribution is -2.28. The number of rotatable bonds is 4. The van der Waals surface area contributed by atoms with Gasteiger partial charge in [0.2, 0.25) is 0 Å². The maximum Gasteiger partial charge on any atom is 0.308 e. The molecular weight excluding hydrogens is 191 g/mol. The first-order chi connectivity index (χ1) is 6.97. The SMILES string of the molecule is B[C@](C)(O)CC(=O)OCc1ccccc1. The molecule has 0 saturated carbocycles. The van der Waals surface area contributed by atoms with E-state index in [1.54, 1.807) is 14.8 Å². The Morgan fingerprint density at radius 2 is 2.07 bits per heavy atom. The molecule has 0 aliphatic heterocycles. The van der Waals surface area contributed by atoms with Gasteiger partial charge in [0.15, 0.2) is 0 Å². The third-order valence-corrected chi connectivity index (χ3v) is 1.82. The van der Waals surface area contributed by atoms with Gasteiger partial charge in [-0.1, -0.05) is 30.3 Å². The summed E-state index contributed by atoms with van der Waals surface area (Å²) in [5.74, 6) is -0.383. The van der Waals surface area contributed by atoms with Crippen LogP contribution in [0.25, 0.3) is 0 Å². The Morgan fingerprint density at radius 1 is 1.47 bits per heavy atom. The number of aliphatic hydroxyl groups is 1. The van der Waals surface area contributed by atoms with Gasteiger partial charge in [-0.05, 0) is 12.5 Å². The van der Waals surface area contributed by atoms with Crippen LogP contribution < -0.4 is 0 Å². The van der Waals surface area contributed by atoms with Crippen molar-refractivity contribution in [3.8, 4) is 0 Å². The van der Waals surface area contributed by atoms with Gasteiger partial charge in [-0.15, -0.1) is 0 Å². The molecule has 0 aliphatic rings. The summed E-state index contributed by atoms with van der Waals surface area (Å²) < 4.78 is 5.01. The van der Waals surface area contributed by atoms with Gasteiger partial charge in [0, 0.05) is 5.50 Å². The molecule has 1 atom stereocenters. The highest BCUT2D eigenvalue weighted by atomic mass is 16.5. The molecule has 80 valence electrons. The zero-order valence-corrected chi connectivity index (χ0v) is 9.06. The second kappa shape index (κ2) is 4.98. The van der Waals surface area contributed by atoms with Crippen LogP contribution in [-0.2, 0) is 16.1 Å². The first-order valence-corrected chi connectivity index (χ1v) is 4.89. The van der Waals surface area contributed by atoms with Gasteiger partial charge in [-0.3, -0.25) is 4.79 Å². The van der Waals surface area contributed by atoms with Crippen molar-refractivity contribution in [3.63, 3.8) is 0 Å². The van der Waals surface area contributed by atoms with E-state index in [9.17, 15) is 9.90 Å². The summed E-state index contributed by atoms with van der Waals surface area (Å²) >= 11 is 0. The van der Waals surface area contributed by atoms with Crippen LogP contribution in [0.1, 0.15) is 18.9 Å². The van der Waals surface area contributed by atoms with Crippen LogP contribution in [0.2, 0.25) is 0 Å². The van der Waals surface area contributed by atoms with Crippen molar-refractivity contribution in [1.82, 2.24) is 0 Å². The fourth-order valence-corrected chi connectivity index (χ4v) is 1.14. The van der Waals surface area contributed by atoms with Crippen LogP contribution >= 0.6 is 0 Å². The molecule has 0 aromatic heterocycles. The lowest BCUT2D eigenvalue weighted by Gasteiger charge is -2.15. The van der Waals surface area contributed by atoms with Crippen LogP contribution in [0.3, 0.4) is 0 Å². The van der Waals surface area contributed by atoms with Crippen LogP contribution in [0.4, 0.5) is 0 Å². The van der Waals surface area contributed by atoms with Gasteiger partial charge >= 0.3 is 5.97 Å². The normalized spacial score (nSPS) is 14.3. The molecule has 0 unspecified atom stereocenters. The summed E-state index contributed by atoms with van der Waals surface area (Å²) in [5, 5.41) is 9.38. The minimum Gasteiger partial charge on any atom is -0.461 e. The highest BCUT2D eigenvalue weighted by Gasteiger charge is 2.18. The molecule has 0 heterocycles. The lowest BCUT2D eigenvalue weighted by atomic mass is 9.81. The van der Waals surface area contributed by atoms with Gasteiger partial charge < -0.3 is 9.84 Å². The molecule has 4 heteroatoms. The summed E-state index contributed by atoms with van der Waals surface area (Å²) in [7, 11) is 1.58. The van der Waals surface area contributed by atoms with Crippen molar-refractivity contribution in [2.45, 2.75) is 25.5 Å². The summed E-state index contributed by atoms with van der Waals surface area (Å²) in [4.78, 5) is 11.2. The smallest absolute Gasteiger partial charge is 0.308 e. The lowest BCUT2D eigenvalue weighted by molar-refractivity contribution is -0.147. The summed E-state index contributed by atoms with van der Waals surface area (Å²) in [6.45, 7) is 1.84. The molecule has 0 aliphatic carbocycles. The van der Waals surface area contributed by atoms with Gasteiger partial charge in [0.1, 0.15) is 14.5 Å². The second-order valence-electron chi connectivity index (χ2n) is 4.14. The standard InChI is InChI=1S/C11H15BO3/c1-11(12,14)7-10(13)15-8-9-5-3-2-4-6-9/h2-6,14H,7-8,12H2,1H3/t11-/m1/s1. The molecule has 1 N–H and O–H groups in total. The van der Waals surface area contributed by atoms with Crippen molar-refractivity contribution >= 4 is 13.8 Å². The topological polar surface area (TPSA) is 46.5 Å². The third kappa shape index (κ3) is 5.22. The fraction of sp³-hybridized carbons (Fsp3) is 0.364. The quantitative estimate of drug-likeness (QED) is 0.575. The van der Waals surface area contributed by atoms with Crippen molar-refractivity contribution < 1.29 is 14.6 Å². The van der Waals surface area contributed by atoms with Crippen molar-refractivity contribution in [3.05, 3.63) is 35.9 Å². The number of hydrogen-bond donors (Lipinski definition) is 1. The van der Waals surface area contributed by atoms with E-state index in [1.807, 2.05) is 30.3 Å². The highest BCUT2D eigenvalue weighted by Crippen LogP contribution is 2.07. The molecule has 0 fully saturated rings. The zero-order valence-electron chi connectivity index (χ0n) is 9.06. The van der Waals surface area contributed by atoms with Crippen LogP contribution in [0, 0.1) is 0 Å². The number of carbonyl (C=O) groups is 1. The molecule has 0 radical (unpaired) electrons. The Bertz CT molecular complexity index is 316. The first kappa shape index (κ1) is 11.8. The number of ether oxygens (including phenoxy) is 1. The number of esters is 1. The molecular formula is C11H15BO3. The average Bonchev–Trinajstić information content (AvgIpc) is 2.14. The fourth-order valence-electron chi connectivity index (χ4n) is 1.14. The predicted octanol–water partition coefficient (Wildman–Crippen LogP) is 0.462. The van der Waals surface area contributed by atoms with E-state index in [2.05, 4.69) is 0 Å². The Hall–Kier alpha value is -1.29. The molecule has 0 saturated heterocycles. The predicted molar refractivity (Wildman–Crippen MR) is 60.0 cm³/mol. The van der Waals surface area contributed by atoms with E-state index in [0.29, 0.717) is 0 Å². The summed E-state index contributed by atoms with van der Waals surface area (Å²) in [5.41, 5.74) is -0.0603. The molecule has 0 spiro atoms. The van der Waals surface area contributed by atoms with E-state index in [0.717, 1.165) is 5.56 Å². The van der Waals surface area contributed by atoms with E-state index in [1.165, 1.54) is 0 Å². The molecule has 15 heavy (non-hydrogen) atoms. The Kier molecular flexibility index (Phi) is 3.92. The van der Waals surface area contributed by atoms with E-state index in [-0.39, 0.29) is 19.0 Å². The Morgan fingerprint density at radius 3 is 2.60 bits per heavy atom. The molecule has 1 aromatic rings. The van der Waals surface area contributed by atoms with Crippen LogP contribution in [0.5, 0.6) is 0 Å². The van der Waals surface area contributed by atoms with Gasteiger partial charge in [0.25, 0.3) is 0 Å². The largest absolute Gasteiger partial charge is 0.461 e. The molecule has 3 nitrogen and oxygen atoms in total. The van der Waals surface area contributed by atoms with Crippen LogP contribution in [0.15, 0.2) is 30.3 Å². The van der Waals surface area contributed by atoms with E-state index in [4.69, 9.17) is 4.74 Å². The van der Waals surface area contributed by atoms with E-state index < -0.39 is 5.50 Å². The average molecular weight is 206 g/mol. The zero-order chi connectivity index (χ0) is 11.3. The van der Waals surface area contributed by atoms with Crippen molar-refractivity contribution in [2.75, 3.05) is 0 Å². The Balaban J connectivity index is 2.35. The molecule has 1 rings (SSSR count). The minimum absolute atomic E-state index is 0.0137.